The van der Waals surface area contributed by atoms with Gasteiger partial charge < -0.3 is 5.32 Å². The Morgan fingerprint density at radius 2 is 1.80 bits per heavy atom. The lowest BCUT2D eigenvalue weighted by atomic mass is 10.1. The normalized spacial score (nSPS) is 12.5. The van der Waals surface area contributed by atoms with Gasteiger partial charge in [0.15, 0.2) is 10.3 Å². The number of anilines is 1. The van der Waals surface area contributed by atoms with Crippen molar-refractivity contribution < 1.29 is 0 Å². The maximum Gasteiger partial charge on any atom is 0.227 e. The van der Waals surface area contributed by atoms with Crippen LogP contribution in [0.25, 0.3) is 0 Å². The van der Waals surface area contributed by atoms with Crippen molar-refractivity contribution in [3.63, 3.8) is 0 Å². The van der Waals surface area contributed by atoms with Crippen molar-refractivity contribution in [3.8, 4) is 0 Å². The van der Waals surface area contributed by atoms with Crippen LogP contribution in [-0.2, 0) is 0 Å². The van der Waals surface area contributed by atoms with E-state index in [-0.39, 0.29) is 0 Å². The predicted octanol–water partition coefficient (Wildman–Crippen LogP) is 2.44. The minimum absolute atomic E-state index is 0.354. The first-order valence-corrected chi connectivity index (χ1v) is 5.91. The first kappa shape index (κ1) is 12.6. The van der Waals surface area contributed by atoms with Crippen LogP contribution < -0.4 is 5.32 Å². The summed E-state index contributed by atoms with van der Waals surface area (Å²) in [4.78, 5) is 12.0. The topological polar surface area (TPSA) is 50.7 Å². The zero-order valence-corrected chi connectivity index (χ0v) is 10.7. The lowest BCUT2D eigenvalue weighted by Gasteiger charge is -2.13. The molecule has 0 bridgehead atoms. The number of rotatable bonds is 5. The van der Waals surface area contributed by atoms with Gasteiger partial charge in [-0.3, -0.25) is 0 Å². The molecule has 4 nitrogen and oxygen atoms in total. The van der Waals surface area contributed by atoms with E-state index in [1.807, 2.05) is 0 Å². The van der Waals surface area contributed by atoms with Crippen LogP contribution in [0.1, 0.15) is 33.1 Å². The molecular formula is C9H16N4S2. The van der Waals surface area contributed by atoms with Gasteiger partial charge in [-0.05, 0) is 13.3 Å². The highest BCUT2D eigenvalue weighted by atomic mass is 32.1. The largest absolute Gasteiger partial charge is 0.352 e. The van der Waals surface area contributed by atoms with Gasteiger partial charge in [0.2, 0.25) is 5.95 Å². The third-order valence-electron chi connectivity index (χ3n) is 1.98. The van der Waals surface area contributed by atoms with Gasteiger partial charge >= 0.3 is 0 Å². The molecule has 84 valence electrons. The Morgan fingerprint density at radius 1 is 1.20 bits per heavy atom. The molecule has 0 fully saturated rings. The highest BCUT2D eigenvalue weighted by Gasteiger charge is 2.05. The first-order chi connectivity index (χ1) is 7.11. The molecule has 6 heteroatoms. The standard InChI is InChI=1S/C9H16N4S2/c1-3-4-5-6(2)10-7-11-8(14)13-9(15)12-7/h6H,3-5H2,1-2H3,(H3,10,11,12,13,14,15). The first-order valence-electron chi connectivity index (χ1n) is 5.02. The Kier molecular flexibility index (Phi) is 5.17. The molecule has 1 N–H and O–H groups in total. The minimum Gasteiger partial charge on any atom is -0.352 e. The smallest absolute Gasteiger partial charge is 0.227 e. The lowest BCUT2D eigenvalue weighted by Crippen LogP contribution is -2.17. The Hall–Kier alpha value is -0.490. The van der Waals surface area contributed by atoms with Crippen LogP contribution in [0.2, 0.25) is 0 Å². The molecule has 15 heavy (non-hydrogen) atoms. The van der Waals surface area contributed by atoms with Gasteiger partial charge in [0.1, 0.15) is 0 Å². The molecule has 0 saturated carbocycles. The molecule has 1 heterocycles. The zero-order chi connectivity index (χ0) is 11.3. The molecule has 0 aromatic carbocycles. The van der Waals surface area contributed by atoms with Gasteiger partial charge in [0, 0.05) is 6.04 Å². The summed E-state index contributed by atoms with van der Waals surface area (Å²) in [6.07, 6.45) is 3.49. The third kappa shape index (κ3) is 4.70. The van der Waals surface area contributed by atoms with Crippen molar-refractivity contribution in [3.05, 3.63) is 0 Å². The third-order valence-corrected chi connectivity index (χ3v) is 2.38. The molecule has 0 amide bonds. The molecular weight excluding hydrogens is 228 g/mol. The number of nitrogens with zero attached hydrogens (tertiary/aromatic N) is 3. The SMILES string of the molecule is CCCCC(C)Nc1nc(S)nc(S)n1. The van der Waals surface area contributed by atoms with Gasteiger partial charge in [-0.2, -0.15) is 15.0 Å². The van der Waals surface area contributed by atoms with Crippen molar-refractivity contribution in [2.75, 3.05) is 5.32 Å². The van der Waals surface area contributed by atoms with E-state index in [9.17, 15) is 0 Å². The number of aromatic nitrogens is 3. The monoisotopic (exact) mass is 244 g/mol. The maximum absolute atomic E-state index is 4.07. The van der Waals surface area contributed by atoms with Crippen molar-refractivity contribution in [1.82, 2.24) is 15.0 Å². The van der Waals surface area contributed by atoms with Gasteiger partial charge in [-0.15, -0.1) is 25.3 Å². The van der Waals surface area contributed by atoms with Crippen LogP contribution in [0.5, 0.6) is 0 Å². The fourth-order valence-electron chi connectivity index (χ4n) is 1.22. The molecule has 0 saturated heterocycles. The Bertz CT molecular complexity index is 299. The van der Waals surface area contributed by atoms with Gasteiger partial charge in [0.05, 0.1) is 0 Å². The van der Waals surface area contributed by atoms with E-state index < -0.39 is 0 Å². The van der Waals surface area contributed by atoms with Crippen molar-refractivity contribution in [2.24, 2.45) is 0 Å². The van der Waals surface area contributed by atoms with Crippen LogP contribution in [0.4, 0.5) is 5.95 Å². The van der Waals surface area contributed by atoms with Crippen LogP contribution in [0.3, 0.4) is 0 Å². The molecule has 0 radical (unpaired) electrons. The molecule has 1 atom stereocenters. The van der Waals surface area contributed by atoms with E-state index in [1.165, 1.54) is 12.8 Å². The maximum atomic E-state index is 4.07. The number of hydrogen-bond acceptors (Lipinski definition) is 6. The number of unbranched alkanes of at least 4 members (excludes halogenated alkanes) is 1. The van der Waals surface area contributed by atoms with E-state index in [1.54, 1.807) is 0 Å². The van der Waals surface area contributed by atoms with Crippen LogP contribution >= 0.6 is 25.3 Å². The molecule has 1 aromatic rings. The minimum atomic E-state index is 0.354. The average Bonchev–Trinajstić information content (AvgIpc) is 2.13. The summed E-state index contributed by atoms with van der Waals surface area (Å²) < 4.78 is 0. The van der Waals surface area contributed by atoms with Gasteiger partial charge in [-0.1, -0.05) is 19.8 Å². The van der Waals surface area contributed by atoms with E-state index in [0.29, 0.717) is 22.3 Å². The molecule has 1 unspecified atom stereocenters. The Balaban J connectivity index is 2.56. The highest BCUT2D eigenvalue weighted by molar-refractivity contribution is 7.80. The molecule has 1 aromatic heterocycles. The number of hydrogen-bond donors (Lipinski definition) is 3. The molecule has 0 aliphatic rings. The van der Waals surface area contributed by atoms with E-state index in [4.69, 9.17) is 0 Å². The predicted molar refractivity (Wildman–Crippen MR) is 66.9 cm³/mol. The Morgan fingerprint density at radius 3 is 2.33 bits per heavy atom. The van der Waals surface area contributed by atoms with Crippen molar-refractivity contribution in [2.45, 2.75) is 49.5 Å². The lowest BCUT2D eigenvalue weighted by molar-refractivity contribution is 0.635. The fourth-order valence-corrected chi connectivity index (χ4v) is 1.68. The summed E-state index contributed by atoms with van der Waals surface area (Å²) in [6.45, 7) is 4.28. The van der Waals surface area contributed by atoms with Crippen LogP contribution in [0, 0.1) is 0 Å². The quantitative estimate of drug-likeness (QED) is 0.696. The van der Waals surface area contributed by atoms with Gasteiger partial charge in [0.25, 0.3) is 0 Å². The second kappa shape index (κ2) is 6.17. The summed E-state index contributed by atoms with van der Waals surface area (Å²) in [7, 11) is 0. The summed E-state index contributed by atoms with van der Waals surface area (Å²) in [5, 5.41) is 3.98. The summed E-state index contributed by atoms with van der Waals surface area (Å²) in [6, 6.07) is 0.354. The highest BCUT2D eigenvalue weighted by Crippen LogP contribution is 2.10. The van der Waals surface area contributed by atoms with E-state index >= 15 is 0 Å². The molecule has 0 aliphatic heterocycles. The molecule has 0 aliphatic carbocycles. The van der Waals surface area contributed by atoms with Gasteiger partial charge in [-0.25, -0.2) is 0 Å². The van der Waals surface area contributed by atoms with Crippen LogP contribution in [-0.4, -0.2) is 21.0 Å². The summed E-state index contributed by atoms with van der Waals surface area (Å²) in [5.74, 6) is 0.545. The number of thiol groups is 2. The Labute approximate surface area is 101 Å². The van der Waals surface area contributed by atoms with Crippen LogP contribution in [0.15, 0.2) is 10.3 Å². The van der Waals surface area contributed by atoms with E-state index in [0.717, 1.165) is 6.42 Å². The number of nitrogens with one attached hydrogen (secondary N) is 1. The second-order valence-electron chi connectivity index (χ2n) is 3.45. The second-order valence-corrected chi connectivity index (χ2v) is 4.25. The zero-order valence-electron chi connectivity index (χ0n) is 8.93. The average molecular weight is 244 g/mol. The van der Waals surface area contributed by atoms with E-state index in [2.05, 4.69) is 59.4 Å². The molecule has 0 spiro atoms. The van der Waals surface area contributed by atoms with Crippen molar-refractivity contribution in [1.29, 1.82) is 0 Å². The molecule has 1 rings (SSSR count). The van der Waals surface area contributed by atoms with Crippen molar-refractivity contribution >= 4 is 31.2 Å². The summed E-state index contributed by atoms with van der Waals surface area (Å²) >= 11 is 8.13. The summed E-state index contributed by atoms with van der Waals surface area (Å²) in [5.41, 5.74) is 0. The fraction of sp³-hybridized carbons (Fsp3) is 0.667.